The standard InChI is InChI=1S/C24H20F3NO2/c1-2-30-23(29)16-9-7-15(8-10-16)22-20-12-11-19(24(25,26)27)14-18(20)13-17-5-3-4-6-21(17)28-22/h3-5,7-12,14,21H,2,6,13H2,1H3. The second-order valence-corrected chi connectivity index (χ2v) is 7.24. The zero-order chi connectivity index (χ0) is 21.3. The van der Waals surface area contributed by atoms with Crippen LogP contribution in [0.5, 0.6) is 0 Å². The number of rotatable bonds is 3. The highest BCUT2D eigenvalue weighted by molar-refractivity contribution is 6.14. The number of carbonyl (C=O) groups is 1. The van der Waals surface area contributed by atoms with Crippen molar-refractivity contribution in [2.45, 2.75) is 32.0 Å². The smallest absolute Gasteiger partial charge is 0.416 e. The predicted octanol–water partition coefficient (Wildman–Crippen LogP) is 5.53. The van der Waals surface area contributed by atoms with Gasteiger partial charge < -0.3 is 4.74 Å². The number of esters is 1. The molecule has 0 bridgehead atoms. The molecule has 1 unspecified atom stereocenters. The van der Waals surface area contributed by atoms with Crippen molar-refractivity contribution in [3.05, 3.63) is 94.1 Å². The minimum atomic E-state index is -4.40. The van der Waals surface area contributed by atoms with Crippen molar-refractivity contribution in [3.63, 3.8) is 0 Å². The highest BCUT2D eigenvalue weighted by Gasteiger charge is 2.32. The second kappa shape index (κ2) is 7.94. The van der Waals surface area contributed by atoms with Crippen molar-refractivity contribution in [1.82, 2.24) is 0 Å². The normalized spacial score (nSPS) is 17.9. The van der Waals surface area contributed by atoms with E-state index in [0.717, 1.165) is 17.2 Å². The number of fused-ring (bicyclic) bond motifs is 2. The van der Waals surface area contributed by atoms with Crippen LogP contribution in [-0.4, -0.2) is 24.3 Å². The van der Waals surface area contributed by atoms with Gasteiger partial charge >= 0.3 is 12.1 Å². The molecule has 1 heterocycles. The third-order valence-electron chi connectivity index (χ3n) is 5.27. The number of halogens is 3. The van der Waals surface area contributed by atoms with Gasteiger partial charge in [0, 0.05) is 11.1 Å². The van der Waals surface area contributed by atoms with Gasteiger partial charge in [-0.3, -0.25) is 4.99 Å². The lowest BCUT2D eigenvalue weighted by molar-refractivity contribution is -0.137. The number of benzene rings is 2. The predicted molar refractivity (Wildman–Crippen MR) is 109 cm³/mol. The van der Waals surface area contributed by atoms with Crippen LogP contribution >= 0.6 is 0 Å². The first-order valence-corrected chi connectivity index (χ1v) is 9.78. The molecule has 0 radical (unpaired) electrons. The number of allylic oxidation sites excluding steroid dienone is 2. The Morgan fingerprint density at radius 3 is 2.63 bits per heavy atom. The average Bonchev–Trinajstić information content (AvgIpc) is 2.89. The van der Waals surface area contributed by atoms with Crippen LogP contribution in [0.2, 0.25) is 0 Å². The first kappa shape index (κ1) is 20.1. The Labute approximate surface area is 172 Å². The molecular formula is C24H20F3NO2. The summed E-state index contributed by atoms with van der Waals surface area (Å²) in [6.07, 6.45) is 2.59. The summed E-state index contributed by atoms with van der Waals surface area (Å²) < 4.78 is 44.9. The van der Waals surface area contributed by atoms with Gasteiger partial charge in [0.1, 0.15) is 0 Å². The van der Waals surface area contributed by atoms with E-state index < -0.39 is 17.7 Å². The summed E-state index contributed by atoms with van der Waals surface area (Å²) in [6, 6.07) is 10.5. The number of nitrogens with zero attached hydrogens (tertiary/aromatic N) is 1. The summed E-state index contributed by atoms with van der Waals surface area (Å²) in [6.45, 7) is 2.02. The Hall–Kier alpha value is -3.15. The molecular weight excluding hydrogens is 391 g/mol. The Morgan fingerprint density at radius 1 is 1.17 bits per heavy atom. The van der Waals surface area contributed by atoms with Gasteiger partial charge in [-0.15, -0.1) is 0 Å². The van der Waals surface area contributed by atoms with Crippen molar-refractivity contribution in [2.24, 2.45) is 4.99 Å². The molecule has 6 heteroatoms. The van der Waals surface area contributed by atoms with Crippen molar-refractivity contribution >= 4 is 11.7 Å². The highest BCUT2D eigenvalue weighted by Crippen LogP contribution is 2.35. The van der Waals surface area contributed by atoms with E-state index in [4.69, 9.17) is 9.73 Å². The first-order valence-electron chi connectivity index (χ1n) is 9.78. The Kier molecular flexibility index (Phi) is 5.33. The molecule has 0 saturated carbocycles. The maximum Gasteiger partial charge on any atom is 0.416 e. The molecule has 3 nitrogen and oxygen atoms in total. The van der Waals surface area contributed by atoms with Gasteiger partial charge in [0.15, 0.2) is 0 Å². The number of hydrogen-bond acceptors (Lipinski definition) is 3. The van der Waals surface area contributed by atoms with E-state index in [0.29, 0.717) is 35.2 Å². The number of hydrogen-bond donors (Lipinski definition) is 0. The molecule has 0 aromatic heterocycles. The second-order valence-electron chi connectivity index (χ2n) is 7.24. The lowest BCUT2D eigenvalue weighted by Crippen LogP contribution is -2.12. The van der Waals surface area contributed by atoms with Gasteiger partial charge in [-0.05, 0) is 55.2 Å². The van der Waals surface area contributed by atoms with E-state index >= 15 is 0 Å². The molecule has 2 aromatic rings. The van der Waals surface area contributed by atoms with Crippen LogP contribution in [0, 0.1) is 0 Å². The van der Waals surface area contributed by atoms with Crippen molar-refractivity contribution in [2.75, 3.05) is 6.61 Å². The van der Waals surface area contributed by atoms with Gasteiger partial charge in [-0.2, -0.15) is 13.2 Å². The van der Waals surface area contributed by atoms with Crippen LogP contribution in [0.1, 0.15) is 46.0 Å². The van der Waals surface area contributed by atoms with Crippen molar-refractivity contribution < 1.29 is 22.7 Å². The third kappa shape index (κ3) is 3.95. The lowest BCUT2D eigenvalue weighted by Gasteiger charge is -2.16. The summed E-state index contributed by atoms with van der Waals surface area (Å²) in [5, 5.41) is 0. The summed E-state index contributed by atoms with van der Waals surface area (Å²) in [5.41, 5.74) is 3.42. The molecule has 0 fully saturated rings. The van der Waals surface area contributed by atoms with E-state index in [1.54, 1.807) is 31.2 Å². The molecule has 0 saturated heterocycles. The zero-order valence-electron chi connectivity index (χ0n) is 16.4. The van der Waals surface area contributed by atoms with Crippen LogP contribution in [0.3, 0.4) is 0 Å². The molecule has 4 rings (SSSR count). The molecule has 1 atom stereocenters. The van der Waals surface area contributed by atoms with E-state index in [1.807, 2.05) is 18.2 Å². The fourth-order valence-electron chi connectivity index (χ4n) is 3.78. The summed E-state index contributed by atoms with van der Waals surface area (Å²) >= 11 is 0. The topological polar surface area (TPSA) is 38.7 Å². The number of alkyl halides is 3. The Morgan fingerprint density at radius 2 is 1.93 bits per heavy atom. The SMILES string of the molecule is CCOC(=O)c1ccc(C2=NC3CC=CC=C3Cc3cc(C(F)(F)F)ccc32)cc1. The first-order chi connectivity index (χ1) is 14.4. The summed E-state index contributed by atoms with van der Waals surface area (Å²) in [7, 11) is 0. The van der Waals surface area contributed by atoms with Crippen LogP contribution in [0.4, 0.5) is 13.2 Å². The quantitative estimate of drug-likeness (QED) is 0.623. The minimum Gasteiger partial charge on any atom is -0.462 e. The maximum absolute atomic E-state index is 13.3. The lowest BCUT2D eigenvalue weighted by atomic mass is 9.90. The Balaban J connectivity index is 1.80. The maximum atomic E-state index is 13.3. The minimum absolute atomic E-state index is 0.114. The zero-order valence-corrected chi connectivity index (χ0v) is 16.4. The van der Waals surface area contributed by atoms with Crippen molar-refractivity contribution in [3.8, 4) is 0 Å². The van der Waals surface area contributed by atoms with Crippen LogP contribution in [-0.2, 0) is 17.3 Å². The van der Waals surface area contributed by atoms with E-state index in [1.165, 1.54) is 12.1 Å². The number of ether oxygens (including phenoxy) is 1. The molecule has 0 spiro atoms. The fourth-order valence-corrected chi connectivity index (χ4v) is 3.78. The van der Waals surface area contributed by atoms with Gasteiger partial charge in [-0.25, -0.2) is 4.79 Å². The Bertz CT molecular complexity index is 1060. The number of carbonyl (C=O) groups excluding carboxylic acids is 1. The van der Waals surface area contributed by atoms with Gasteiger partial charge in [0.25, 0.3) is 0 Å². The summed E-state index contributed by atoms with van der Waals surface area (Å²) in [5.74, 6) is -0.412. The van der Waals surface area contributed by atoms with Gasteiger partial charge in [0.2, 0.25) is 0 Å². The highest BCUT2D eigenvalue weighted by atomic mass is 19.4. The fraction of sp³-hybridized carbons (Fsp3) is 0.250. The monoisotopic (exact) mass is 411 g/mol. The van der Waals surface area contributed by atoms with E-state index in [-0.39, 0.29) is 12.6 Å². The molecule has 30 heavy (non-hydrogen) atoms. The third-order valence-corrected chi connectivity index (χ3v) is 5.27. The molecule has 0 amide bonds. The van der Waals surface area contributed by atoms with E-state index in [9.17, 15) is 18.0 Å². The average molecular weight is 411 g/mol. The van der Waals surface area contributed by atoms with Gasteiger partial charge in [0.05, 0.1) is 29.5 Å². The molecule has 2 aliphatic rings. The largest absolute Gasteiger partial charge is 0.462 e. The molecule has 0 N–H and O–H groups in total. The molecule has 2 aromatic carbocycles. The van der Waals surface area contributed by atoms with Crippen LogP contribution in [0.25, 0.3) is 0 Å². The summed E-state index contributed by atoms with van der Waals surface area (Å²) in [4.78, 5) is 16.8. The molecule has 154 valence electrons. The number of aliphatic imine (C=N–C) groups is 1. The molecule has 1 aliphatic heterocycles. The van der Waals surface area contributed by atoms with Gasteiger partial charge in [-0.1, -0.05) is 36.4 Å². The molecule has 1 aliphatic carbocycles. The van der Waals surface area contributed by atoms with Crippen LogP contribution < -0.4 is 0 Å². The van der Waals surface area contributed by atoms with Crippen molar-refractivity contribution in [1.29, 1.82) is 0 Å². The van der Waals surface area contributed by atoms with E-state index in [2.05, 4.69) is 0 Å². The van der Waals surface area contributed by atoms with Crippen LogP contribution in [0.15, 0.2) is 71.3 Å².